The van der Waals surface area contributed by atoms with Crippen molar-refractivity contribution < 1.29 is 9.59 Å². The Morgan fingerprint density at radius 2 is 2.25 bits per heavy atom. The quantitative estimate of drug-likeness (QED) is 0.865. The van der Waals surface area contributed by atoms with Gasteiger partial charge in [-0.1, -0.05) is 6.07 Å². The molecule has 1 atom stereocenters. The Labute approximate surface area is 140 Å². The van der Waals surface area contributed by atoms with Crippen LogP contribution in [0.15, 0.2) is 36.9 Å². The number of urea groups is 1. The molecule has 0 bridgehead atoms. The molecule has 0 saturated carbocycles. The van der Waals surface area contributed by atoms with E-state index in [9.17, 15) is 9.59 Å². The van der Waals surface area contributed by atoms with Crippen LogP contribution < -0.4 is 5.32 Å². The molecule has 0 unspecified atom stereocenters. The van der Waals surface area contributed by atoms with Crippen LogP contribution in [0.4, 0.5) is 4.79 Å². The van der Waals surface area contributed by atoms with Crippen molar-refractivity contribution in [2.45, 2.75) is 19.4 Å². The number of piperidine rings is 1. The molecule has 7 nitrogen and oxygen atoms in total. The van der Waals surface area contributed by atoms with Gasteiger partial charge in [0.25, 0.3) is 0 Å². The molecule has 24 heavy (non-hydrogen) atoms. The van der Waals surface area contributed by atoms with Gasteiger partial charge in [-0.15, -0.1) is 0 Å². The molecule has 1 aliphatic rings. The predicted molar refractivity (Wildman–Crippen MR) is 88.3 cm³/mol. The highest BCUT2D eigenvalue weighted by atomic mass is 16.2. The lowest BCUT2D eigenvalue weighted by molar-refractivity contribution is 0.0831. The number of amides is 2. The first-order valence-corrected chi connectivity index (χ1v) is 8.08. The first-order valence-electron chi connectivity index (χ1n) is 8.08. The zero-order valence-corrected chi connectivity index (χ0v) is 13.7. The number of aromatic nitrogens is 3. The second-order valence-corrected chi connectivity index (χ2v) is 6.03. The highest BCUT2D eigenvalue weighted by Gasteiger charge is 2.30. The highest BCUT2D eigenvalue weighted by molar-refractivity contribution is 5.95. The number of Topliss-reactive ketones (excluding diaryl/α,β-unsaturated/α-hetero) is 1. The number of rotatable bonds is 4. The molecule has 0 aromatic carbocycles. The topological polar surface area (TPSA) is 80.1 Å². The zero-order valence-electron chi connectivity index (χ0n) is 13.7. The minimum Gasteiger partial charge on any atom is -0.334 e. The third-order valence-corrected chi connectivity index (χ3v) is 4.29. The lowest BCUT2D eigenvalue weighted by Gasteiger charge is -2.31. The summed E-state index contributed by atoms with van der Waals surface area (Å²) in [6.45, 7) is 1.54. The van der Waals surface area contributed by atoms with Crippen LogP contribution in [0.1, 0.15) is 29.0 Å². The fourth-order valence-electron chi connectivity index (χ4n) is 2.95. The lowest BCUT2D eigenvalue weighted by Crippen LogP contribution is -2.47. The van der Waals surface area contributed by atoms with E-state index in [-0.39, 0.29) is 17.7 Å². The van der Waals surface area contributed by atoms with Gasteiger partial charge in [-0.3, -0.25) is 9.78 Å². The molecular formula is C17H21N5O2. The normalized spacial score (nSPS) is 17.5. The third-order valence-electron chi connectivity index (χ3n) is 4.29. The van der Waals surface area contributed by atoms with E-state index in [0.29, 0.717) is 25.5 Å². The standard InChI is InChI=1S/C17H21N5O2/c1-21-9-7-19-16(21)15(23)14-5-3-8-22(12-14)17(24)20-11-13-4-2-6-18-10-13/h2,4,6-7,9-10,14H,3,5,8,11-12H2,1H3,(H,20,24)/t14-/m0/s1. The van der Waals surface area contributed by atoms with Crippen molar-refractivity contribution in [1.82, 2.24) is 24.8 Å². The third kappa shape index (κ3) is 3.61. The average Bonchev–Trinajstić information content (AvgIpc) is 3.06. The van der Waals surface area contributed by atoms with Gasteiger partial charge in [0.05, 0.1) is 0 Å². The second kappa shape index (κ2) is 7.25. The maximum Gasteiger partial charge on any atom is 0.317 e. The highest BCUT2D eigenvalue weighted by Crippen LogP contribution is 2.20. The molecule has 2 aromatic heterocycles. The molecule has 1 aliphatic heterocycles. The molecule has 3 heterocycles. The largest absolute Gasteiger partial charge is 0.334 e. The molecule has 126 valence electrons. The van der Waals surface area contributed by atoms with E-state index in [4.69, 9.17) is 0 Å². The second-order valence-electron chi connectivity index (χ2n) is 6.03. The lowest BCUT2D eigenvalue weighted by atomic mass is 9.93. The fraction of sp³-hybridized carbons (Fsp3) is 0.412. The van der Waals surface area contributed by atoms with Crippen LogP contribution in [0.5, 0.6) is 0 Å². The van der Waals surface area contributed by atoms with E-state index >= 15 is 0 Å². The molecule has 1 fully saturated rings. The van der Waals surface area contributed by atoms with E-state index in [1.807, 2.05) is 12.1 Å². The Bertz CT molecular complexity index is 713. The van der Waals surface area contributed by atoms with Crippen LogP contribution in [0.25, 0.3) is 0 Å². The summed E-state index contributed by atoms with van der Waals surface area (Å²) in [7, 11) is 1.81. The van der Waals surface area contributed by atoms with E-state index in [1.165, 1.54) is 0 Å². The number of likely N-dealkylation sites (tertiary alicyclic amines) is 1. The summed E-state index contributed by atoms with van der Waals surface area (Å²) in [4.78, 5) is 34.8. The molecule has 2 amide bonds. The minimum atomic E-state index is -0.191. The van der Waals surface area contributed by atoms with Crippen molar-refractivity contribution in [3.05, 3.63) is 48.3 Å². The molecule has 3 rings (SSSR count). The summed E-state index contributed by atoms with van der Waals surface area (Å²) in [6, 6.07) is 3.61. The van der Waals surface area contributed by atoms with Crippen molar-refractivity contribution in [2.75, 3.05) is 13.1 Å². The van der Waals surface area contributed by atoms with E-state index < -0.39 is 0 Å². The van der Waals surface area contributed by atoms with Crippen LogP contribution in [-0.4, -0.2) is 44.3 Å². The number of hydrogen-bond acceptors (Lipinski definition) is 4. The Morgan fingerprint density at radius 3 is 2.96 bits per heavy atom. The number of imidazole rings is 1. The predicted octanol–water partition coefficient (Wildman–Crippen LogP) is 1.62. The number of aryl methyl sites for hydroxylation is 1. The monoisotopic (exact) mass is 327 g/mol. The molecule has 0 aliphatic carbocycles. The first kappa shape index (κ1) is 16.2. The van der Waals surface area contributed by atoms with Crippen molar-refractivity contribution in [1.29, 1.82) is 0 Å². The number of pyridine rings is 1. The van der Waals surface area contributed by atoms with Crippen LogP contribution in [0, 0.1) is 5.92 Å². The average molecular weight is 327 g/mol. The molecular weight excluding hydrogens is 306 g/mol. The van der Waals surface area contributed by atoms with E-state index in [2.05, 4.69) is 15.3 Å². The Balaban J connectivity index is 1.58. The minimum absolute atomic E-state index is 0.00672. The summed E-state index contributed by atoms with van der Waals surface area (Å²) in [5.41, 5.74) is 0.948. The van der Waals surface area contributed by atoms with Gasteiger partial charge in [0.2, 0.25) is 5.78 Å². The number of nitrogens with one attached hydrogen (secondary N) is 1. The van der Waals surface area contributed by atoms with Crippen LogP contribution >= 0.6 is 0 Å². The van der Waals surface area contributed by atoms with Gasteiger partial charge in [0.1, 0.15) is 0 Å². The molecule has 0 radical (unpaired) electrons. The van der Waals surface area contributed by atoms with Gasteiger partial charge in [-0.2, -0.15) is 0 Å². The summed E-state index contributed by atoms with van der Waals surface area (Å²) in [5.74, 6) is 0.272. The van der Waals surface area contributed by atoms with Gasteiger partial charge < -0.3 is 14.8 Å². The molecule has 1 N–H and O–H groups in total. The van der Waals surface area contributed by atoms with Crippen molar-refractivity contribution in [2.24, 2.45) is 13.0 Å². The number of ketones is 1. The van der Waals surface area contributed by atoms with Gasteiger partial charge in [-0.25, -0.2) is 9.78 Å². The van der Waals surface area contributed by atoms with E-state index in [0.717, 1.165) is 18.4 Å². The molecule has 0 spiro atoms. The van der Waals surface area contributed by atoms with Crippen LogP contribution in [0.3, 0.4) is 0 Å². The SMILES string of the molecule is Cn1ccnc1C(=O)[C@H]1CCCN(C(=O)NCc2cccnc2)C1. The van der Waals surface area contributed by atoms with Crippen LogP contribution in [-0.2, 0) is 13.6 Å². The maximum atomic E-state index is 12.6. The van der Waals surface area contributed by atoms with Gasteiger partial charge >= 0.3 is 6.03 Å². The van der Waals surface area contributed by atoms with Crippen molar-refractivity contribution in [3.63, 3.8) is 0 Å². The summed E-state index contributed by atoms with van der Waals surface area (Å²) >= 11 is 0. The smallest absolute Gasteiger partial charge is 0.317 e. The molecule has 7 heteroatoms. The zero-order chi connectivity index (χ0) is 16.9. The van der Waals surface area contributed by atoms with Crippen molar-refractivity contribution >= 4 is 11.8 Å². The van der Waals surface area contributed by atoms with E-state index in [1.54, 1.807) is 41.3 Å². The number of nitrogens with zero attached hydrogens (tertiary/aromatic N) is 4. The molecule has 1 saturated heterocycles. The number of carbonyl (C=O) groups is 2. The Hall–Kier alpha value is -2.70. The van der Waals surface area contributed by atoms with Gasteiger partial charge in [0.15, 0.2) is 5.82 Å². The Morgan fingerprint density at radius 1 is 1.38 bits per heavy atom. The summed E-state index contributed by atoms with van der Waals surface area (Å²) in [6.07, 6.45) is 8.41. The first-order chi connectivity index (χ1) is 11.6. The van der Waals surface area contributed by atoms with Gasteiger partial charge in [-0.05, 0) is 24.5 Å². The summed E-state index contributed by atoms with van der Waals surface area (Å²) in [5, 5.41) is 2.89. The molecule has 2 aromatic rings. The summed E-state index contributed by atoms with van der Waals surface area (Å²) < 4.78 is 1.73. The Kier molecular flexibility index (Phi) is 4.88. The number of carbonyl (C=O) groups excluding carboxylic acids is 2. The van der Waals surface area contributed by atoms with Crippen LogP contribution in [0.2, 0.25) is 0 Å². The fourth-order valence-corrected chi connectivity index (χ4v) is 2.95. The van der Waals surface area contributed by atoms with Gasteiger partial charge in [0, 0.05) is 57.4 Å². The number of hydrogen-bond donors (Lipinski definition) is 1. The maximum absolute atomic E-state index is 12.6. The van der Waals surface area contributed by atoms with Crippen molar-refractivity contribution in [3.8, 4) is 0 Å².